The van der Waals surface area contributed by atoms with Gasteiger partial charge in [0.05, 0.1) is 5.75 Å². The number of allylic oxidation sites excluding steroid dienone is 1. The SMILES string of the molecule is Cc1cc(C)c(C2C=CS(=O)(=O)C2)c(C)c1. The monoisotopic (exact) mass is 236 g/mol. The number of benzene rings is 1. The van der Waals surface area contributed by atoms with Crippen molar-refractivity contribution in [2.24, 2.45) is 0 Å². The van der Waals surface area contributed by atoms with Crippen molar-refractivity contribution in [2.75, 3.05) is 5.75 Å². The minimum absolute atomic E-state index is 0.0330. The minimum atomic E-state index is -2.97. The summed E-state index contributed by atoms with van der Waals surface area (Å²) in [6.07, 6.45) is 1.81. The van der Waals surface area contributed by atoms with Crippen molar-refractivity contribution in [1.82, 2.24) is 0 Å². The Labute approximate surface area is 96.9 Å². The first-order valence-electron chi connectivity index (χ1n) is 5.38. The molecule has 1 aliphatic heterocycles. The van der Waals surface area contributed by atoms with Gasteiger partial charge in [0.2, 0.25) is 0 Å². The summed E-state index contributed by atoms with van der Waals surface area (Å²) in [5.41, 5.74) is 4.76. The number of aryl methyl sites for hydroxylation is 3. The molecule has 16 heavy (non-hydrogen) atoms. The molecule has 1 aromatic carbocycles. The topological polar surface area (TPSA) is 34.1 Å². The van der Waals surface area contributed by atoms with E-state index in [1.807, 2.05) is 13.8 Å². The fraction of sp³-hybridized carbons (Fsp3) is 0.385. The van der Waals surface area contributed by atoms with Gasteiger partial charge in [-0.15, -0.1) is 0 Å². The number of hydrogen-bond donors (Lipinski definition) is 0. The first-order valence-corrected chi connectivity index (χ1v) is 7.09. The van der Waals surface area contributed by atoms with E-state index >= 15 is 0 Å². The zero-order chi connectivity index (χ0) is 11.9. The summed E-state index contributed by atoms with van der Waals surface area (Å²) in [4.78, 5) is 0. The molecule has 1 aliphatic rings. The molecule has 0 bridgehead atoms. The summed E-state index contributed by atoms with van der Waals surface area (Å²) in [5, 5.41) is 1.34. The van der Waals surface area contributed by atoms with E-state index in [1.165, 1.54) is 27.7 Å². The van der Waals surface area contributed by atoms with Crippen LogP contribution >= 0.6 is 0 Å². The molecule has 1 atom stereocenters. The lowest BCUT2D eigenvalue weighted by Crippen LogP contribution is -2.07. The molecule has 1 unspecified atom stereocenters. The lowest BCUT2D eigenvalue weighted by molar-refractivity contribution is 0.604. The summed E-state index contributed by atoms with van der Waals surface area (Å²) in [6.45, 7) is 6.16. The second-order valence-electron chi connectivity index (χ2n) is 4.58. The molecule has 2 rings (SSSR count). The molecular formula is C13H16O2S. The van der Waals surface area contributed by atoms with E-state index in [1.54, 1.807) is 6.08 Å². The highest BCUT2D eigenvalue weighted by Gasteiger charge is 2.25. The standard InChI is InChI=1S/C13H16O2S/c1-9-6-10(2)13(11(3)7-9)12-4-5-16(14,15)8-12/h4-7,12H,8H2,1-3H3. The largest absolute Gasteiger partial charge is 0.224 e. The van der Waals surface area contributed by atoms with Crippen LogP contribution in [0.5, 0.6) is 0 Å². The van der Waals surface area contributed by atoms with E-state index < -0.39 is 9.84 Å². The third-order valence-corrected chi connectivity index (χ3v) is 4.43. The summed E-state index contributed by atoms with van der Waals surface area (Å²) >= 11 is 0. The van der Waals surface area contributed by atoms with Crippen molar-refractivity contribution in [3.05, 3.63) is 45.9 Å². The fourth-order valence-corrected chi connectivity index (χ4v) is 3.85. The lowest BCUT2D eigenvalue weighted by atomic mass is 9.90. The minimum Gasteiger partial charge on any atom is -0.224 e. The van der Waals surface area contributed by atoms with Gasteiger partial charge in [-0.3, -0.25) is 0 Å². The van der Waals surface area contributed by atoms with Gasteiger partial charge in [0.25, 0.3) is 0 Å². The molecule has 1 aromatic rings. The van der Waals surface area contributed by atoms with Gasteiger partial charge in [0.15, 0.2) is 9.84 Å². The molecule has 0 N–H and O–H groups in total. The zero-order valence-electron chi connectivity index (χ0n) is 9.82. The Hall–Kier alpha value is -1.09. The first-order chi connectivity index (χ1) is 7.39. The van der Waals surface area contributed by atoms with Gasteiger partial charge >= 0.3 is 0 Å². The van der Waals surface area contributed by atoms with Crippen LogP contribution in [0.1, 0.15) is 28.2 Å². The molecule has 0 amide bonds. The third kappa shape index (κ3) is 2.05. The van der Waals surface area contributed by atoms with Gasteiger partial charge in [-0.05, 0) is 37.5 Å². The Balaban J connectivity index is 2.47. The van der Waals surface area contributed by atoms with E-state index in [-0.39, 0.29) is 11.7 Å². The van der Waals surface area contributed by atoms with E-state index in [0.717, 1.165) is 0 Å². The maximum absolute atomic E-state index is 11.4. The number of hydrogen-bond acceptors (Lipinski definition) is 2. The van der Waals surface area contributed by atoms with E-state index in [2.05, 4.69) is 19.1 Å². The highest BCUT2D eigenvalue weighted by molar-refractivity contribution is 7.94. The molecule has 0 spiro atoms. The second kappa shape index (κ2) is 3.74. The van der Waals surface area contributed by atoms with Crippen LogP contribution in [0.15, 0.2) is 23.6 Å². The van der Waals surface area contributed by atoms with Crippen LogP contribution in [-0.4, -0.2) is 14.2 Å². The Morgan fingerprint density at radius 1 is 1.12 bits per heavy atom. The fourth-order valence-electron chi connectivity index (χ4n) is 2.53. The van der Waals surface area contributed by atoms with Crippen molar-refractivity contribution in [3.63, 3.8) is 0 Å². The Morgan fingerprint density at radius 3 is 2.12 bits per heavy atom. The van der Waals surface area contributed by atoms with Crippen LogP contribution in [0.4, 0.5) is 0 Å². The zero-order valence-corrected chi connectivity index (χ0v) is 10.6. The van der Waals surface area contributed by atoms with Gasteiger partial charge in [-0.1, -0.05) is 23.8 Å². The van der Waals surface area contributed by atoms with Crippen molar-refractivity contribution in [2.45, 2.75) is 26.7 Å². The predicted molar refractivity (Wildman–Crippen MR) is 66.3 cm³/mol. The molecule has 0 saturated heterocycles. The normalized spacial score (nSPS) is 22.6. The Kier molecular flexibility index (Phi) is 2.66. The first kappa shape index (κ1) is 11.4. The highest BCUT2D eigenvalue weighted by atomic mass is 32.2. The highest BCUT2D eigenvalue weighted by Crippen LogP contribution is 2.31. The van der Waals surface area contributed by atoms with Crippen LogP contribution in [0.25, 0.3) is 0 Å². The smallest absolute Gasteiger partial charge is 0.172 e. The third-order valence-electron chi connectivity index (χ3n) is 3.04. The average molecular weight is 236 g/mol. The van der Waals surface area contributed by atoms with Gasteiger partial charge < -0.3 is 0 Å². The summed E-state index contributed by atoms with van der Waals surface area (Å²) < 4.78 is 22.8. The molecule has 0 saturated carbocycles. The Morgan fingerprint density at radius 2 is 1.69 bits per heavy atom. The quantitative estimate of drug-likeness (QED) is 0.751. The number of sulfone groups is 1. The molecule has 0 radical (unpaired) electrons. The summed E-state index contributed by atoms with van der Waals surface area (Å²) in [5.74, 6) is 0.253. The molecule has 3 heteroatoms. The summed E-state index contributed by atoms with van der Waals surface area (Å²) in [6, 6.07) is 4.22. The lowest BCUT2D eigenvalue weighted by Gasteiger charge is -2.15. The molecule has 0 fully saturated rings. The van der Waals surface area contributed by atoms with Gasteiger partial charge in [0, 0.05) is 11.3 Å². The molecule has 0 aliphatic carbocycles. The molecule has 2 nitrogen and oxygen atoms in total. The van der Waals surface area contributed by atoms with E-state index in [4.69, 9.17) is 0 Å². The predicted octanol–water partition coefficient (Wildman–Crippen LogP) is 2.64. The van der Waals surface area contributed by atoms with Crippen molar-refractivity contribution in [3.8, 4) is 0 Å². The Bertz CT molecular complexity index is 530. The van der Waals surface area contributed by atoms with E-state index in [0.29, 0.717) is 0 Å². The maximum atomic E-state index is 11.4. The molecule has 1 heterocycles. The molecular weight excluding hydrogens is 220 g/mol. The summed E-state index contributed by atoms with van der Waals surface area (Å²) in [7, 11) is -2.97. The van der Waals surface area contributed by atoms with Crippen molar-refractivity contribution in [1.29, 1.82) is 0 Å². The average Bonchev–Trinajstić information content (AvgIpc) is 2.44. The molecule has 0 aromatic heterocycles. The van der Waals surface area contributed by atoms with Crippen LogP contribution in [0.2, 0.25) is 0 Å². The van der Waals surface area contributed by atoms with Crippen molar-refractivity contribution < 1.29 is 8.42 Å². The van der Waals surface area contributed by atoms with Gasteiger partial charge in [-0.2, -0.15) is 0 Å². The van der Waals surface area contributed by atoms with Crippen LogP contribution in [-0.2, 0) is 9.84 Å². The van der Waals surface area contributed by atoms with Crippen molar-refractivity contribution >= 4 is 9.84 Å². The van der Waals surface area contributed by atoms with Crippen LogP contribution < -0.4 is 0 Å². The van der Waals surface area contributed by atoms with Gasteiger partial charge in [-0.25, -0.2) is 8.42 Å². The second-order valence-corrected chi connectivity index (χ2v) is 6.51. The maximum Gasteiger partial charge on any atom is 0.172 e. The van der Waals surface area contributed by atoms with Crippen LogP contribution in [0.3, 0.4) is 0 Å². The van der Waals surface area contributed by atoms with Gasteiger partial charge in [0.1, 0.15) is 0 Å². The van der Waals surface area contributed by atoms with E-state index in [9.17, 15) is 8.42 Å². The number of rotatable bonds is 1. The molecule has 86 valence electrons. The van der Waals surface area contributed by atoms with Crippen LogP contribution in [0, 0.1) is 20.8 Å².